The summed E-state index contributed by atoms with van der Waals surface area (Å²) in [6, 6.07) is 0. The van der Waals surface area contributed by atoms with Crippen LogP contribution in [-0.4, -0.2) is 9.97 Å². The number of hydrogen-bond donors (Lipinski definition) is 1. The van der Waals surface area contributed by atoms with Crippen LogP contribution in [0.5, 0.6) is 0 Å². The molecule has 0 unspecified atom stereocenters. The highest BCUT2D eigenvalue weighted by Gasteiger charge is 2.14. The van der Waals surface area contributed by atoms with Crippen molar-refractivity contribution in [3.05, 3.63) is 15.4 Å². The Balaban J connectivity index is 2.94. The van der Waals surface area contributed by atoms with Crippen LogP contribution in [0.15, 0.2) is 9.09 Å². The Labute approximate surface area is 87.2 Å². The van der Waals surface area contributed by atoms with E-state index >= 15 is 0 Å². The zero-order valence-corrected chi connectivity index (χ0v) is 8.98. The van der Waals surface area contributed by atoms with E-state index in [9.17, 15) is 0 Å². The lowest BCUT2D eigenvalue weighted by Gasteiger charge is -1.93. The number of fused-ring (bicyclic) bond motifs is 1. The van der Waals surface area contributed by atoms with Gasteiger partial charge in [-0.05, 0) is 22.9 Å². The molecule has 2 heterocycles. The molecular formula is C7H5BrClN3O. The first-order valence-electron chi connectivity index (χ1n) is 3.47. The van der Waals surface area contributed by atoms with Crippen molar-refractivity contribution in [3.8, 4) is 0 Å². The van der Waals surface area contributed by atoms with E-state index in [4.69, 9.17) is 21.8 Å². The maximum absolute atomic E-state index is 5.80. The zero-order valence-electron chi connectivity index (χ0n) is 6.64. The van der Waals surface area contributed by atoms with Gasteiger partial charge in [-0.15, -0.1) is 0 Å². The highest BCUT2D eigenvalue weighted by atomic mass is 79.9. The van der Waals surface area contributed by atoms with Gasteiger partial charge in [0.1, 0.15) is 5.52 Å². The van der Waals surface area contributed by atoms with Crippen LogP contribution in [-0.2, 0) is 0 Å². The van der Waals surface area contributed by atoms with Gasteiger partial charge < -0.3 is 10.2 Å². The van der Waals surface area contributed by atoms with Gasteiger partial charge in [-0.2, -0.15) is 4.98 Å². The standard InChI is InChI=1S/C7H5BrClN3O/c1-2-3-4(13-5(2)8)6(9)12-7(10)11-3/h1H3,(H2,10,11,12). The predicted molar refractivity (Wildman–Crippen MR) is 53.7 cm³/mol. The van der Waals surface area contributed by atoms with Gasteiger partial charge in [-0.1, -0.05) is 11.6 Å². The minimum atomic E-state index is 0.147. The Morgan fingerprint density at radius 3 is 2.85 bits per heavy atom. The van der Waals surface area contributed by atoms with Crippen LogP contribution in [0.25, 0.3) is 11.1 Å². The van der Waals surface area contributed by atoms with Gasteiger partial charge in [-0.3, -0.25) is 0 Å². The number of aryl methyl sites for hydroxylation is 1. The quantitative estimate of drug-likeness (QED) is 0.741. The summed E-state index contributed by atoms with van der Waals surface area (Å²) < 4.78 is 5.89. The second kappa shape index (κ2) is 2.85. The van der Waals surface area contributed by atoms with Crippen molar-refractivity contribution < 1.29 is 4.42 Å². The Morgan fingerprint density at radius 2 is 2.15 bits per heavy atom. The molecule has 4 nitrogen and oxygen atoms in total. The van der Waals surface area contributed by atoms with Crippen LogP contribution >= 0.6 is 27.5 Å². The molecular weight excluding hydrogens is 257 g/mol. The van der Waals surface area contributed by atoms with Gasteiger partial charge in [0, 0.05) is 5.56 Å². The highest BCUT2D eigenvalue weighted by molar-refractivity contribution is 9.10. The number of aromatic nitrogens is 2. The summed E-state index contributed by atoms with van der Waals surface area (Å²) in [6.45, 7) is 1.86. The summed E-state index contributed by atoms with van der Waals surface area (Å²) in [4.78, 5) is 7.79. The molecule has 0 atom stereocenters. The molecule has 0 aliphatic heterocycles. The lowest BCUT2D eigenvalue weighted by molar-refractivity contribution is 0.582. The monoisotopic (exact) mass is 261 g/mol. The summed E-state index contributed by atoms with van der Waals surface area (Å²) in [5.74, 6) is 0.147. The smallest absolute Gasteiger partial charge is 0.222 e. The van der Waals surface area contributed by atoms with Crippen LogP contribution in [0.3, 0.4) is 0 Å². The average Bonchev–Trinajstić information content (AvgIpc) is 2.32. The van der Waals surface area contributed by atoms with Crippen LogP contribution in [0.1, 0.15) is 5.56 Å². The first-order chi connectivity index (χ1) is 6.09. The molecule has 0 aliphatic rings. The van der Waals surface area contributed by atoms with Crippen LogP contribution in [0.2, 0.25) is 5.15 Å². The normalized spacial score (nSPS) is 11.0. The molecule has 2 N–H and O–H groups in total. The number of nitrogen functional groups attached to an aromatic ring is 1. The summed E-state index contributed by atoms with van der Waals surface area (Å²) in [7, 11) is 0. The fourth-order valence-electron chi connectivity index (χ4n) is 1.04. The Hall–Kier alpha value is -0.810. The first kappa shape index (κ1) is 8.77. The maximum Gasteiger partial charge on any atom is 0.222 e. The number of nitrogens with two attached hydrogens (primary N) is 1. The number of rotatable bonds is 0. The molecule has 0 radical (unpaired) electrons. The molecule has 2 aromatic rings. The van der Waals surface area contributed by atoms with E-state index in [1.807, 2.05) is 6.92 Å². The molecule has 13 heavy (non-hydrogen) atoms. The summed E-state index contributed by atoms with van der Waals surface area (Å²) in [5.41, 5.74) is 7.41. The number of furan rings is 1. The molecule has 0 aromatic carbocycles. The van der Waals surface area contributed by atoms with Crippen molar-refractivity contribution in [3.63, 3.8) is 0 Å². The molecule has 0 aliphatic carbocycles. The Kier molecular flexibility index (Phi) is 1.92. The van der Waals surface area contributed by atoms with Crippen molar-refractivity contribution in [2.75, 3.05) is 5.73 Å². The lowest BCUT2D eigenvalue weighted by Crippen LogP contribution is -1.94. The van der Waals surface area contributed by atoms with Gasteiger partial charge in [0.2, 0.25) is 5.95 Å². The van der Waals surface area contributed by atoms with E-state index < -0.39 is 0 Å². The van der Waals surface area contributed by atoms with E-state index in [-0.39, 0.29) is 11.1 Å². The van der Waals surface area contributed by atoms with Gasteiger partial charge in [0.25, 0.3) is 0 Å². The third kappa shape index (κ3) is 1.28. The van der Waals surface area contributed by atoms with Crippen molar-refractivity contribution >= 4 is 44.6 Å². The van der Waals surface area contributed by atoms with Gasteiger partial charge >= 0.3 is 0 Å². The molecule has 0 fully saturated rings. The van der Waals surface area contributed by atoms with Crippen molar-refractivity contribution in [2.45, 2.75) is 6.92 Å². The molecule has 0 saturated heterocycles. The molecule has 0 spiro atoms. The Bertz CT molecular complexity index is 482. The maximum atomic E-state index is 5.80. The minimum Gasteiger partial charge on any atom is -0.444 e. The van der Waals surface area contributed by atoms with Crippen LogP contribution < -0.4 is 5.73 Å². The largest absolute Gasteiger partial charge is 0.444 e. The van der Waals surface area contributed by atoms with E-state index in [0.717, 1.165) is 5.56 Å². The second-order valence-electron chi connectivity index (χ2n) is 2.55. The lowest BCUT2D eigenvalue weighted by atomic mass is 10.3. The van der Waals surface area contributed by atoms with Crippen LogP contribution in [0.4, 0.5) is 5.95 Å². The number of halogens is 2. The third-order valence-electron chi connectivity index (χ3n) is 1.68. The summed E-state index contributed by atoms with van der Waals surface area (Å²) >= 11 is 9.04. The van der Waals surface area contributed by atoms with Crippen molar-refractivity contribution in [2.24, 2.45) is 0 Å². The fraction of sp³-hybridized carbons (Fsp3) is 0.143. The molecule has 2 aromatic heterocycles. The number of nitrogens with zero attached hydrogens (tertiary/aromatic N) is 2. The van der Waals surface area contributed by atoms with E-state index in [0.29, 0.717) is 15.8 Å². The SMILES string of the molecule is Cc1c(Br)oc2c(Cl)nc(N)nc12. The number of hydrogen-bond acceptors (Lipinski definition) is 4. The van der Waals surface area contributed by atoms with Gasteiger partial charge in [-0.25, -0.2) is 4.98 Å². The molecule has 0 amide bonds. The van der Waals surface area contributed by atoms with Gasteiger partial charge in [0.15, 0.2) is 15.4 Å². The predicted octanol–water partition coefficient (Wildman–Crippen LogP) is 2.53. The van der Waals surface area contributed by atoms with E-state index in [2.05, 4.69) is 25.9 Å². The minimum absolute atomic E-state index is 0.147. The summed E-state index contributed by atoms with van der Waals surface area (Å²) in [5, 5.41) is 0.233. The Morgan fingerprint density at radius 1 is 1.46 bits per heavy atom. The fourth-order valence-corrected chi connectivity index (χ4v) is 1.61. The molecule has 68 valence electrons. The molecule has 2 rings (SSSR count). The van der Waals surface area contributed by atoms with Gasteiger partial charge in [0.05, 0.1) is 0 Å². The third-order valence-corrected chi connectivity index (χ3v) is 2.70. The first-order valence-corrected chi connectivity index (χ1v) is 4.64. The van der Waals surface area contributed by atoms with E-state index in [1.165, 1.54) is 0 Å². The number of anilines is 1. The summed E-state index contributed by atoms with van der Waals surface area (Å²) in [6.07, 6.45) is 0. The highest BCUT2D eigenvalue weighted by Crippen LogP contribution is 2.31. The molecule has 0 saturated carbocycles. The second-order valence-corrected chi connectivity index (χ2v) is 3.63. The molecule has 0 bridgehead atoms. The van der Waals surface area contributed by atoms with Crippen molar-refractivity contribution in [1.82, 2.24) is 9.97 Å². The van der Waals surface area contributed by atoms with E-state index in [1.54, 1.807) is 0 Å². The zero-order chi connectivity index (χ0) is 9.59. The van der Waals surface area contributed by atoms with Crippen LogP contribution in [0, 0.1) is 6.92 Å². The average molecular weight is 262 g/mol. The molecule has 6 heteroatoms. The topological polar surface area (TPSA) is 64.9 Å². The van der Waals surface area contributed by atoms with Crippen molar-refractivity contribution in [1.29, 1.82) is 0 Å².